The van der Waals surface area contributed by atoms with Crippen LogP contribution in [0.2, 0.25) is 0 Å². The zero-order valence-electron chi connectivity index (χ0n) is 15.3. The molecule has 0 N–H and O–H groups in total. The van der Waals surface area contributed by atoms with E-state index in [9.17, 15) is 0 Å². The Hall–Kier alpha value is -2.86. The summed E-state index contributed by atoms with van der Waals surface area (Å²) in [5.41, 5.74) is 6.66. The van der Waals surface area contributed by atoms with Crippen molar-refractivity contribution in [3.05, 3.63) is 105 Å². The minimum Gasteiger partial charge on any atom is -0.0763 e. The first-order valence-corrected chi connectivity index (χ1v) is 9.40. The lowest BCUT2D eigenvalue weighted by atomic mass is 9.92. The van der Waals surface area contributed by atoms with E-state index in [2.05, 4.69) is 97.9 Å². The van der Waals surface area contributed by atoms with Gasteiger partial charge in [0.15, 0.2) is 0 Å². The highest BCUT2D eigenvalue weighted by Crippen LogP contribution is 2.21. The summed E-state index contributed by atoms with van der Waals surface area (Å²) in [6.07, 6.45) is 10.3. The first kappa shape index (κ1) is 16.6. The highest BCUT2D eigenvalue weighted by atomic mass is 14.1. The second-order valence-corrected chi connectivity index (χ2v) is 7.04. The van der Waals surface area contributed by atoms with Crippen LogP contribution in [0.25, 0.3) is 23.8 Å². The van der Waals surface area contributed by atoms with Crippen LogP contribution in [0, 0.1) is 6.92 Å². The van der Waals surface area contributed by atoms with Gasteiger partial charge in [-0.25, -0.2) is 0 Å². The molecule has 0 fully saturated rings. The lowest BCUT2D eigenvalue weighted by Crippen LogP contribution is -2.30. The fraction of sp³-hybridized carbons (Fsp3) is 0.154. The molecule has 0 saturated heterocycles. The van der Waals surface area contributed by atoms with Crippen molar-refractivity contribution in [1.82, 2.24) is 0 Å². The molecule has 26 heavy (non-hydrogen) atoms. The number of hydrogen-bond donors (Lipinski definition) is 0. The number of benzene rings is 3. The largest absolute Gasteiger partial charge is 0.0763 e. The van der Waals surface area contributed by atoms with Crippen LogP contribution in [0.1, 0.15) is 35.1 Å². The molecular weight excluding hydrogens is 312 g/mol. The van der Waals surface area contributed by atoms with Crippen molar-refractivity contribution in [3.63, 3.8) is 0 Å². The SMILES string of the molecule is Cc1ccc(C/C(=C/c2ccccc2)c2cccc3c2=CCCC=3)cc1. The van der Waals surface area contributed by atoms with E-state index in [1.165, 1.54) is 38.3 Å². The standard InChI is InChI=1S/C26H24/c1-20-14-16-22(17-15-20)19-24(18-21-8-3-2-4-9-21)26-13-7-11-23-10-5-6-12-25(23)26/h2-4,7-18H,5-6,19H2,1H3/b24-18-. The molecule has 0 saturated carbocycles. The Morgan fingerprint density at radius 2 is 1.58 bits per heavy atom. The third kappa shape index (κ3) is 3.70. The van der Waals surface area contributed by atoms with Gasteiger partial charge in [0.05, 0.1) is 0 Å². The van der Waals surface area contributed by atoms with E-state index in [1.54, 1.807) is 0 Å². The van der Waals surface area contributed by atoms with E-state index in [1.807, 2.05) is 0 Å². The summed E-state index contributed by atoms with van der Waals surface area (Å²) in [7, 11) is 0. The Kier molecular flexibility index (Phi) is 4.84. The molecule has 0 amide bonds. The summed E-state index contributed by atoms with van der Waals surface area (Å²) < 4.78 is 0. The van der Waals surface area contributed by atoms with Gasteiger partial charge in [-0.3, -0.25) is 0 Å². The monoisotopic (exact) mass is 336 g/mol. The summed E-state index contributed by atoms with van der Waals surface area (Å²) in [4.78, 5) is 0. The molecule has 1 aliphatic rings. The molecule has 128 valence electrons. The predicted octanol–water partition coefficient (Wildman–Crippen LogP) is 5.13. The van der Waals surface area contributed by atoms with Crippen LogP contribution < -0.4 is 10.4 Å². The van der Waals surface area contributed by atoms with E-state index in [0.717, 1.165) is 19.3 Å². The second kappa shape index (κ2) is 7.58. The molecule has 0 unspecified atom stereocenters. The molecule has 3 aromatic rings. The Bertz CT molecular complexity index is 1040. The van der Waals surface area contributed by atoms with Crippen LogP contribution in [0.5, 0.6) is 0 Å². The van der Waals surface area contributed by atoms with E-state index < -0.39 is 0 Å². The highest BCUT2D eigenvalue weighted by molar-refractivity contribution is 5.83. The lowest BCUT2D eigenvalue weighted by Gasteiger charge is -2.13. The first-order valence-electron chi connectivity index (χ1n) is 9.40. The van der Waals surface area contributed by atoms with Gasteiger partial charge >= 0.3 is 0 Å². The average molecular weight is 336 g/mol. The van der Waals surface area contributed by atoms with Crippen molar-refractivity contribution in [2.24, 2.45) is 0 Å². The van der Waals surface area contributed by atoms with Crippen LogP contribution in [0.4, 0.5) is 0 Å². The van der Waals surface area contributed by atoms with E-state index in [-0.39, 0.29) is 0 Å². The first-order chi connectivity index (χ1) is 12.8. The summed E-state index contributed by atoms with van der Waals surface area (Å²) in [5.74, 6) is 0. The molecule has 0 atom stereocenters. The molecule has 0 radical (unpaired) electrons. The normalized spacial score (nSPS) is 13.5. The van der Waals surface area contributed by atoms with Crippen molar-refractivity contribution in [2.45, 2.75) is 26.2 Å². The molecule has 4 rings (SSSR count). The molecule has 0 bridgehead atoms. The maximum absolute atomic E-state index is 2.40. The molecular formula is C26H24. The van der Waals surface area contributed by atoms with Crippen molar-refractivity contribution >= 4 is 23.8 Å². The summed E-state index contributed by atoms with van der Waals surface area (Å²) in [6, 6.07) is 26.3. The maximum Gasteiger partial charge on any atom is -0.00194 e. The maximum atomic E-state index is 2.40. The van der Waals surface area contributed by atoms with Gasteiger partial charge in [-0.1, -0.05) is 96.6 Å². The number of fused-ring (bicyclic) bond motifs is 1. The average Bonchev–Trinajstić information content (AvgIpc) is 2.69. The predicted molar refractivity (Wildman–Crippen MR) is 113 cm³/mol. The molecule has 0 nitrogen and oxygen atoms in total. The number of aryl methyl sites for hydroxylation is 1. The molecule has 0 spiro atoms. The van der Waals surface area contributed by atoms with Crippen LogP contribution in [0.15, 0.2) is 72.8 Å². The van der Waals surface area contributed by atoms with Gasteiger partial charge in [0.1, 0.15) is 0 Å². The summed E-state index contributed by atoms with van der Waals surface area (Å²) in [5, 5.41) is 2.77. The number of rotatable bonds is 4. The molecule has 0 heterocycles. The number of hydrogen-bond acceptors (Lipinski definition) is 0. The minimum absolute atomic E-state index is 0.944. The van der Waals surface area contributed by atoms with Gasteiger partial charge in [0, 0.05) is 0 Å². The summed E-state index contributed by atoms with van der Waals surface area (Å²) >= 11 is 0. The fourth-order valence-electron chi connectivity index (χ4n) is 3.64. The highest BCUT2D eigenvalue weighted by Gasteiger charge is 2.08. The van der Waals surface area contributed by atoms with Gasteiger partial charge in [0.25, 0.3) is 0 Å². The topological polar surface area (TPSA) is 0 Å². The lowest BCUT2D eigenvalue weighted by molar-refractivity contribution is 1.11. The van der Waals surface area contributed by atoms with Crippen LogP contribution in [-0.4, -0.2) is 0 Å². The van der Waals surface area contributed by atoms with Gasteiger partial charge in [-0.15, -0.1) is 0 Å². The van der Waals surface area contributed by atoms with E-state index >= 15 is 0 Å². The molecule has 0 heteroatoms. The Balaban J connectivity index is 1.84. The van der Waals surface area contributed by atoms with Crippen molar-refractivity contribution in [2.75, 3.05) is 0 Å². The molecule has 1 aliphatic carbocycles. The van der Waals surface area contributed by atoms with Gasteiger partial charge in [-0.05, 0) is 58.9 Å². The molecule has 0 aliphatic heterocycles. The quantitative estimate of drug-likeness (QED) is 0.579. The van der Waals surface area contributed by atoms with Crippen LogP contribution >= 0.6 is 0 Å². The molecule has 3 aromatic carbocycles. The van der Waals surface area contributed by atoms with E-state index in [4.69, 9.17) is 0 Å². The van der Waals surface area contributed by atoms with Gasteiger partial charge < -0.3 is 0 Å². The number of allylic oxidation sites excluding steroid dienone is 1. The third-order valence-electron chi connectivity index (χ3n) is 5.02. The zero-order valence-corrected chi connectivity index (χ0v) is 15.3. The van der Waals surface area contributed by atoms with Gasteiger partial charge in [0.2, 0.25) is 0 Å². The smallest absolute Gasteiger partial charge is 0.00194 e. The fourth-order valence-corrected chi connectivity index (χ4v) is 3.64. The summed E-state index contributed by atoms with van der Waals surface area (Å²) in [6.45, 7) is 2.14. The van der Waals surface area contributed by atoms with Crippen molar-refractivity contribution in [3.8, 4) is 0 Å². The third-order valence-corrected chi connectivity index (χ3v) is 5.02. The zero-order chi connectivity index (χ0) is 17.8. The van der Waals surface area contributed by atoms with Crippen LogP contribution in [-0.2, 0) is 6.42 Å². The van der Waals surface area contributed by atoms with E-state index in [0.29, 0.717) is 0 Å². The van der Waals surface area contributed by atoms with Crippen LogP contribution in [0.3, 0.4) is 0 Å². The Morgan fingerprint density at radius 1 is 0.808 bits per heavy atom. The molecule has 0 aromatic heterocycles. The Labute approximate surface area is 155 Å². The van der Waals surface area contributed by atoms with Crippen molar-refractivity contribution < 1.29 is 0 Å². The van der Waals surface area contributed by atoms with Gasteiger partial charge in [-0.2, -0.15) is 0 Å². The minimum atomic E-state index is 0.944. The van der Waals surface area contributed by atoms with Crippen molar-refractivity contribution in [1.29, 1.82) is 0 Å². The second-order valence-electron chi connectivity index (χ2n) is 7.04. The Morgan fingerprint density at radius 3 is 2.38 bits per heavy atom.